The van der Waals surface area contributed by atoms with Crippen molar-refractivity contribution in [1.82, 2.24) is 4.90 Å². The molecule has 3 amide bonds. The van der Waals surface area contributed by atoms with Gasteiger partial charge in [-0.1, -0.05) is 37.3 Å². The number of benzene rings is 2. The predicted molar refractivity (Wildman–Crippen MR) is 119 cm³/mol. The number of hydrogen-bond donors (Lipinski definition) is 2. The van der Waals surface area contributed by atoms with Gasteiger partial charge in [0, 0.05) is 18.2 Å². The lowest BCUT2D eigenvalue weighted by Gasteiger charge is -2.29. The first kappa shape index (κ1) is 21.5. The van der Waals surface area contributed by atoms with Gasteiger partial charge in [-0.25, -0.2) is 0 Å². The van der Waals surface area contributed by atoms with Crippen molar-refractivity contribution in [2.24, 2.45) is 0 Å². The van der Waals surface area contributed by atoms with Crippen LogP contribution in [0, 0.1) is 0 Å². The second kappa shape index (κ2) is 9.54. The number of hydrogen-bond acceptors (Lipinski definition) is 4. The van der Waals surface area contributed by atoms with Crippen molar-refractivity contribution < 1.29 is 14.4 Å². The van der Waals surface area contributed by atoms with Gasteiger partial charge in [0.15, 0.2) is 0 Å². The topological polar surface area (TPSA) is 81.8 Å². The number of likely N-dealkylation sites (N-methyl/N-ethyl adjacent to an activating group) is 1. The number of aryl methyl sites for hydroxylation is 1. The van der Waals surface area contributed by atoms with Crippen LogP contribution in [0.3, 0.4) is 0 Å². The van der Waals surface area contributed by atoms with Crippen LogP contribution >= 0.6 is 0 Å². The summed E-state index contributed by atoms with van der Waals surface area (Å²) in [6, 6.07) is 14.7. The molecule has 2 N–H and O–H groups in total. The van der Waals surface area contributed by atoms with Gasteiger partial charge < -0.3 is 15.5 Å². The molecule has 0 saturated heterocycles. The minimum atomic E-state index is -0.278. The zero-order valence-corrected chi connectivity index (χ0v) is 17.6. The van der Waals surface area contributed by atoms with E-state index in [4.69, 9.17) is 0 Å². The van der Waals surface area contributed by atoms with Crippen molar-refractivity contribution in [3.05, 3.63) is 54.1 Å². The maximum Gasteiger partial charge on any atom is 0.241 e. The second-order valence-corrected chi connectivity index (χ2v) is 7.61. The molecule has 2 aromatic carbocycles. The number of nitrogens with zero attached hydrogens (tertiary/aromatic N) is 2. The van der Waals surface area contributed by atoms with E-state index in [9.17, 15) is 14.4 Å². The van der Waals surface area contributed by atoms with Crippen LogP contribution in [0.2, 0.25) is 0 Å². The van der Waals surface area contributed by atoms with Crippen LogP contribution in [0.15, 0.2) is 48.5 Å². The quantitative estimate of drug-likeness (QED) is 0.770. The van der Waals surface area contributed by atoms with E-state index in [2.05, 4.69) is 10.6 Å². The van der Waals surface area contributed by atoms with E-state index in [1.165, 1.54) is 0 Å². The Balaban J connectivity index is 1.66. The number of amides is 3. The van der Waals surface area contributed by atoms with Crippen molar-refractivity contribution in [1.29, 1.82) is 0 Å². The molecule has 2 aromatic rings. The van der Waals surface area contributed by atoms with Crippen LogP contribution in [0.1, 0.15) is 25.8 Å². The summed E-state index contributed by atoms with van der Waals surface area (Å²) in [5, 5.41) is 5.78. The Hall–Kier alpha value is -3.19. The van der Waals surface area contributed by atoms with Gasteiger partial charge in [-0.05, 0) is 44.2 Å². The summed E-state index contributed by atoms with van der Waals surface area (Å²) in [5.41, 5.74) is 3.16. The molecule has 0 radical (unpaired) electrons. The Kier molecular flexibility index (Phi) is 6.84. The van der Waals surface area contributed by atoms with Gasteiger partial charge in [-0.3, -0.25) is 19.3 Å². The number of nitrogens with one attached hydrogen (secondary N) is 2. The van der Waals surface area contributed by atoms with E-state index in [1.807, 2.05) is 56.3 Å². The van der Waals surface area contributed by atoms with Crippen LogP contribution in [0.25, 0.3) is 0 Å². The van der Waals surface area contributed by atoms with E-state index < -0.39 is 0 Å². The number of carbonyl (C=O) groups is 3. The molecule has 1 heterocycles. The van der Waals surface area contributed by atoms with E-state index in [-0.39, 0.29) is 43.3 Å². The molecule has 0 unspecified atom stereocenters. The molecule has 3 rings (SSSR count). The first-order chi connectivity index (χ1) is 14.4. The third-order valence-electron chi connectivity index (χ3n) is 5.12. The first-order valence-electron chi connectivity index (χ1n) is 10.2. The van der Waals surface area contributed by atoms with Gasteiger partial charge in [-0.2, -0.15) is 0 Å². The van der Waals surface area contributed by atoms with Crippen molar-refractivity contribution >= 4 is 34.8 Å². The highest BCUT2D eigenvalue weighted by Gasteiger charge is 2.30. The average molecular weight is 409 g/mol. The molecular weight excluding hydrogens is 380 g/mol. The zero-order valence-electron chi connectivity index (χ0n) is 17.6. The minimum absolute atomic E-state index is 0.0652. The fraction of sp³-hybridized carbons (Fsp3) is 0.348. The first-order valence-corrected chi connectivity index (χ1v) is 10.2. The summed E-state index contributed by atoms with van der Waals surface area (Å²) < 4.78 is 0. The van der Waals surface area contributed by atoms with Crippen molar-refractivity contribution in [2.45, 2.75) is 32.7 Å². The molecule has 0 aromatic heterocycles. The predicted octanol–water partition coefficient (Wildman–Crippen LogP) is 2.88. The molecule has 0 spiro atoms. The smallest absolute Gasteiger partial charge is 0.241 e. The summed E-state index contributed by atoms with van der Waals surface area (Å²) >= 11 is 0. The fourth-order valence-corrected chi connectivity index (χ4v) is 3.72. The number of fused-ring (bicyclic) bond motifs is 1. The third kappa shape index (κ3) is 5.04. The van der Waals surface area contributed by atoms with Gasteiger partial charge >= 0.3 is 0 Å². The molecule has 0 aliphatic carbocycles. The van der Waals surface area contributed by atoms with E-state index >= 15 is 0 Å². The summed E-state index contributed by atoms with van der Waals surface area (Å²) in [5.74, 6) is -0.448. The van der Waals surface area contributed by atoms with Crippen LogP contribution in [0.5, 0.6) is 0 Å². The standard InChI is InChI=1S/C23H28N4O3/c1-4-17-9-5-6-10-18(17)24-22(29)14-26(3)15-23(30)27-16(2)13-21(28)25-19-11-7-8-12-20(19)27/h5-12,16H,4,13-15H2,1-3H3,(H,24,29)(H,25,28)/t16-/m1/s1. The Morgan fingerprint density at radius 2 is 1.83 bits per heavy atom. The highest BCUT2D eigenvalue weighted by atomic mass is 16.2. The Morgan fingerprint density at radius 3 is 2.60 bits per heavy atom. The Labute approximate surface area is 177 Å². The molecule has 7 heteroatoms. The highest BCUT2D eigenvalue weighted by molar-refractivity contribution is 6.05. The van der Waals surface area contributed by atoms with Gasteiger partial charge in [0.1, 0.15) is 0 Å². The lowest BCUT2D eigenvalue weighted by Crippen LogP contribution is -2.45. The van der Waals surface area contributed by atoms with Crippen molar-refractivity contribution in [3.63, 3.8) is 0 Å². The molecular formula is C23H28N4O3. The van der Waals surface area contributed by atoms with Crippen LogP contribution in [0.4, 0.5) is 17.1 Å². The molecule has 30 heavy (non-hydrogen) atoms. The lowest BCUT2D eigenvalue weighted by atomic mass is 10.1. The molecule has 0 bridgehead atoms. The van der Waals surface area contributed by atoms with E-state index in [0.29, 0.717) is 11.4 Å². The number of anilines is 3. The van der Waals surface area contributed by atoms with E-state index in [0.717, 1.165) is 17.7 Å². The van der Waals surface area contributed by atoms with E-state index in [1.54, 1.807) is 22.9 Å². The van der Waals surface area contributed by atoms with Crippen LogP contribution < -0.4 is 15.5 Å². The number of rotatable bonds is 6. The molecule has 1 atom stereocenters. The summed E-state index contributed by atoms with van der Waals surface area (Å²) in [7, 11) is 1.74. The third-order valence-corrected chi connectivity index (χ3v) is 5.12. The SMILES string of the molecule is CCc1ccccc1NC(=O)CN(C)CC(=O)N1c2ccccc2NC(=O)C[C@H]1C. The molecule has 1 aliphatic rings. The molecule has 1 aliphatic heterocycles. The fourth-order valence-electron chi connectivity index (χ4n) is 3.72. The molecule has 7 nitrogen and oxygen atoms in total. The van der Waals surface area contributed by atoms with Gasteiger partial charge in [0.05, 0.1) is 24.5 Å². The van der Waals surface area contributed by atoms with Gasteiger partial charge in [0.25, 0.3) is 0 Å². The van der Waals surface area contributed by atoms with Gasteiger partial charge in [-0.15, -0.1) is 0 Å². The Morgan fingerprint density at radius 1 is 1.13 bits per heavy atom. The monoisotopic (exact) mass is 408 g/mol. The van der Waals surface area contributed by atoms with Crippen molar-refractivity contribution in [2.75, 3.05) is 35.7 Å². The maximum absolute atomic E-state index is 13.1. The highest BCUT2D eigenvalue weighted by Crippen LogP contribution is 2.31. The molecule has 0 saturated carbocycles. The normalized spacial score (nSPS) is 15.9. The zero-order chi connectivity index (χ0) is 21.7. The number of carbonyl (C=O) groups excluding carboxylic acids is 3. The Bertz CT molecular complexity index is 944. The summed E-state index contributed by atoms with van der Waals surface area (Å²) in [6.07, 6.45) is 1.04. The molecule has 0 fully saturated rings. The average Bonchev–Trinajstić information content (AvgIpc) is 2.82. The largest absolute Gasteiger partial charge is 0.325 e. The number of para-hydroxylation sites is 3. The maximum atomic E-state index is 13.1. The van der Waals surface area contributed by atoms with Crippen LogP contribution in [-0.4, -0.2) is 48.8 Å². The summed E-state index contributed by atoms with van der Waals surface area (Å²) in [4.78, 5) is 41.0. The second-order valence-electron chi connectivity index (χ2n) is 7.61. The lowest BCUT2D eigenvalue weighted by molar-refractivity contribution is -0.121. The van der Waals surface area contributed by atoms with Gasteiger partial charge in [0.2, 0.25) is 17.7 Å². The minimum Gasteiger partial charge on any atom is -0.325 e. The van der Waals surface area contributed by atoms with Crippen molar-refractivity contribution in [3.8, 4) is 0 Å². The summed E-state index contributed by atoms with van der Waals surface area (Å²) in [6.45, 7) is 4.05. The molecule has 158 valence electrons. The van der Waals surface area contributed by atoms with Crippen LogP contribution in [-0.2, 0) is 20.8 Å².